The van der Waals surface area contributed by atoms with Crippen molar-refractivity contribution < 1.29 is 9.59 Å². The molecular weight excluding hydrogens is 284 g/mol. The van der Waals surface area contributed by atoms with Crippen LogP contribution in [0.2, 0.25) is 0 Å². The van der Waals surface area contributed by atoms with Crippen molar-refractivity contribution in [1.82, 2.24) is 5.32 Å². The molecule has 0 unspecified atom stereocenters. The van der Waals surface area contributed by atoms with Gasteiger partial charge in [-0.2, -0.15) is 0 Å². The molecule has 0 aromatic heterocycles. The molecular formula is C12H13BrN2O2. The number of hydrogen-bond donors (Lipinski definition) is 1. The van der Waals surface area contributed by atoms with Gasteiger partial charge >= 0.3 is 6.03 Å². The number of rotatable bonds is 1. The first-order chi connectivity index (χ1) is 7.99. The number of aryl methyl sites for hydroxylation is 2. The van der Waals surface area contributed by atoms with Crippen LogP contribution in [0.1, 0.15) is 17.5 Å². The van der Waals surface area contributed by atoms with Crippen LogP contribution in [0, 0.1) is 13.8 Å². The number of anilines is 1. The van der Waals surface area contributed by atoms with E-state index in [0.717, 1.165) is 21.3 Å². The number of carbonyl (C=O) groups excluding carboxylic acids is 2. The minimum absolute atomic E-state index is 0.210. The van der Waals surface area contributed by atoms with Crippen LogP contribution < -0.4 is 10.2 Å². The largest absolute Gasteiger partial charge is 0.328 e. The molecule has 1 saturated heterocycles. The van der Waals surface area contributed by atoms with Gasteiger partial charge in [-0.1, -0.05) is 15.9 Å². The third-order valence-corrected chi connectivity index (χ3v) is 3.24. The lowest BCUT2D eigenvalue weighted by molar-refractivity contribution is -0.120. The second-order valence-electron chi connectivity index (χ2n) is 4.14. The number of imide groups is 1. The van der Waals surface area contributed by atoms with Gasteiger partial charge in [0.1, 0.15) is 0 Å². The molecule has 0 spiro atoms. The number of hydrogen-bond acceptors (Lipinski definition) is 2. The Morgan fingerprint density at radius 2 is 1.82 bits per heavy atom. The van der Waals surface area contributed by atoms with E-state index in [1.165, 1.54) is 0 Å². The molecule has 0 radical (unpaired) electrons. The van der Waals surface area contributed by atoms with Crippen molar-refractivity contribution in [2.75, 3.05) is 11.4 Å². The highest BCUT2D eigenvalue weighted by Crippen LogP contribution is 2.29. The minimum Gasteiger partial charge on any atom is -0.293 e. The maximum Gasteiger partial charge on any atom is 0.328 e. The molecule has 1 fully saturated rings. The molecule has 1 N–H and O–H groups in total. The van der Waals surface area contributed by atoms with Gasteiger partial charge < -0.3 is 0 Å². The lowest BCUT2D eigenvalue weighted by Crippen LogP contribution is -2.50. The Labute approximate surface area is 108 Å². The Bertz CT molecular complexity index is 476. The number of amides is 3. The van der Waals surface area contributed by atoms with Gasteiger partial charge in [0.05, 0.1) is 5.69 Å². The van der Waals surface area contributed by atoms with Crippen molar-refractivity contribution in [2.45, 2.75) is 20.3 Å². The van der Waals surface area contributed by atoms with Crippen LogP contribution in [0.5, 0.6) is 0 Å². The summed E-state index contributed by atoms with van der Waals surface area (Å²) in [5.41, 5.74) is 2.92. The van der Waals surface area contributed by atoms with Gasteiger partial charge in [0, 0.05) is 17.4 Å². The van der Waals surface area contributed by atoms with Gasteiger partial charge in [0.2, 0.25) is 5.91 Å². The van der Waals surface area contributed by atoms with Crippen LogP contribution in [-0.4, -0.2) is 18.5 Å². The Hall–Kier alpha value is -1.36. The lowest BCUT2D eigenvalue weighted by atomic mass is 10.1. The minimum atomic E-state index is -0.338. The van der Waals surface area contributed by atoms with Crippen LogP contribution in [0.25, 0.3) is 0 Å². The molecule has 2 rings (SSSR count). The van der Waals surface area contributed by atoms with E-state index < -0.39 is 0 Å². The van der Waals surface area contributed by atoms with E-state index >= 15 is 0 Å². The van der Waals surface area contributed by atoms with E-state index in [1.54, 1.807) is 4.90 Å². The van der Waals surface area contributed by atoms with E-state index in [-0.39, 0.29) is 11.9 Å². The molecule has 90 valence electrons. The zero-order valence-electron chi connectivity index (χ0n) is 9.71. The van der Waals surface area contributed by atoms with Gasteiger partial charge in [-0.3, -0.25) is 15.0 Å². The molecule has 1 aromatic rings. The van der Waals surface area contributed by atoms with Crippen LogP contribution >= 0.6 is 15.9 Å². The van der Waals surface area contributed by atoms with E-state index in [9.17, 15) is 9.59 Å². The Morgan fingerprint density at radius 1 is 1.24 bits per heavy atom. The van der Waals surface area contributed by atoms with Gasteiger partial charge in [0.15, 0.2) is 0 Å². The summed E-state index contributed by atoms with van der Waals surface area (Å²) >= 11 is 3.42. The second kappa shape index (κ2) is 4.49. The summed E-state index contributed by atoms with van der Waals surface area (Å²) in [5, 5.41) is 2.33. The SMILES string of the molecule is Cc1cc(Br)cc(C)c1N1CCC(=O)NC1=O. The summed E-state index contributed by atoms with van der Waals surface area (Å²) in [7, 11) is 0. The molecule has 3 amide bonds. The Kier molecular flexibility index (Phi) is 3.19. The maximum absolute atomic E-state index is 11.8. The molecule has 1 aliphatic heterocycles. The Morgan fingerprint density at radius 3 is 2.35 bits per heavy atom. The van der Waals surface area contributed by atoms with Crippen LogP contribution in [0.15, 0.2) is 16.6 Å². The highest BCUT2D eigenvalue weighted by molar-refractivity contribution is 9.10. The normalized spacial score (nSPS) is 16.1. The van der Waals surface area contributed by atoms with Crippen LogP contribution in [0.3, 0.4) is 0 Å². The standard InChI is InChI=1S/C12H13BrN2O2/c1-7-5-9(13)6-8(2)11(7)15-4-3-10(16)14-12(15)17/h5-6H,3-4H2,1-2H3,(H,14,16,17). The van der Waals surface area contributed by atoms with Crippen molar-refractivity contribution in [1.29, 1.82) is 0 Å². The summed E-state index contributed by atoms with van der Waals surface area (Å²) in [6, 6.07) is 3.59. The highest BCUT2D eigenvalue weighted by atomic mass is 79.9. The first-order valence-corrected chi connectivity index (χ1v) is 6.16. The molecule has 0 aliphatic carbocycles. The summed E-state index contributed by atoms with van der Waals surface area (Å²) in [5.74, 6) is -0.210. The molecule has 0 saturated carbocycles. The lowest BCUT2D eigenvalue weighted by Gasteiger charge is -2.29. The van der Waals surface area contributed by atoms with E-state index in [1.807, 2.05) is 26.0 Å². The van der Waals surface area contributed by atoms with Gasteiger partial charge in [-0.25, -0.2) is 4.79 Å². The first-order valence-electron chi connectivity index (χ1n) is 5.37. The quantitative estimate of drug-likeness (QED) is 0.866. The molecule has 17 heavy (non-hydrogen) atoms. The number of halogens is 1. The van der Waals surface area contributed by atoms with E-state index in [0.29, 0.717) is 13.0 Å². The number of nitrogens with one attached hydrogen (secondary N) is 1. The van der Waals surface area contributed by atoms with E-state index in [2.05, 4.69) is 21.2 Å². The summed E-state index contributed by atoms with van der Waals surface area (Å²) in [6.07, 6.45) is 0.348. The predicted molar refractivity (Wildman–Crippen MR) is 69.1 cm³/mol. The molecule has 5 heteroatoms. The monoisotopic (exact) mass is 296 g/mol. The maximum atomic E-state index is 11.8. The molecule has 1 heterocycles. The fourth-order valence-corrected chi connectivity index (χ4v) is 2.79. The van der Waals surface area contributed by atoms with Crippen molar-refractivity contribution in [2.24, 2.45) is 0 Å². The second-order valence-corrected chi connectivity index (χ2v) is 5.06. The van der Waals surface area contributed by atoms with Crippen LogP contribution in [0.4, 0.5) is 10.5 Å². The fraction of sp³-hybridized carbons (Fsp3) is 0.333. The van der Waals surface area contributed by atoms with Gasteiger partial charge in [-0.05, 0) is 37.1 Å². The highest BCUT2D eigenvalue weighted by Gasteiger charge is 2.26. The number of nitrogens with zero attached hydrogens (tertiary/aromatic N) is 1. The average molecular weight is 297 g/mol. The van der Waals surface area contributed by atoms with E-state index in [4.69, 9.17) is 0 Å². The first kappa shape index (κ1) is 12.1. The van der Waals surface area contributed by atoms with Crippen LogP contribution in [-0.2, 0) is 4.79 Å². The zero-order chi connectivity index (χ0) is 12.6. The average Bonchev–Trinajstić information content (AvgIpc) is 2.19. The topological polar surface area (TPSA) is 49.4 Å². The predicted octanol–water partition coefficient (Wildman–Crippen LogP) is 2.51. The Balaban J connectivity index is 2.40. The summed E-state index contributed by atoms with van der Waals surface area (Å²) in [6.45, 7) is 4.35. The summed E-state index contributed by atoms with van der Waals surface area (Å²) < 4.78 is 0.991. The van der Waals surface area contributed by atoms with Crippen molar-refractivity contribution in [3.8, 4) is 0 Å². The number of urea groups is 1. The van der Waals surface area contributed by atoms with Gasteiger partial charge in [0.25, 0.3) is 0 Å². The van der Waals surface area contributed by atoms with Crippen molar-refractivity contribution in [3.05, 3.63) is 27.7 Å². The molecule has 4 nitrogen and oxygen atoms in total. The molecule has 1 aromatic carbocycles. The number of carbonyl (C=O) groups is 2. The molecule has 0 bridgehead atoms. The number of benzene rings is 1. The zero-order valence-corrected chi connectivity index (χ0v) is 11.3. The molecule has 0 atom stereocenters. The van der Waals surface area contributed by atoms with Crippen molar-refractivity contribution in [3.63, 3.8) is 0 Å². The smallest absolute Gasteiger partial charge is 0.293 e. The molecule has 1 aliphatic rings. The fourth-order valence-electron chi connectivity index (χ4n) is 2.11. The van der Waals surface area contributed by atoms with Crippen molar-refractivity contribution >= 4 is 33.6 Å². The summed E-state index contributed by atoms with van der Waals surface area (Å²) in [4.78, 5) is 24.5. The van der Waals surface area contributed by atoms with Gasteiger partial charge in [-0.15, -0.1) is 0 Å². The third kappa shape index (κ3) is 2.34. The third-order valence-electron chi connectivity index (χ3n) is 2.78.